The van der Waals surface area contributed by atoms with Gasteiger partial charge in [-0.2, -0.15) is 0 Å². The summed E-state index contributed by atoms with van der Waals surface area (Å²) in [6.45, 7) is 16.2. The van der Waals surface area contributed by atoms with Gasteiger partial charge in [0.1, 0.15) is 0 Å². The van der Waals surface area contributed by atoms with Gasteiger partial charge in [0.15, 0.2) is 0 Å². The van der Waals surface area contributed by atoms with Crippen LogP contribution < -0.4 is 5.32 Å². The van der Waals surface area contributed by atoms with Gasteiger partial charge in [-0.3, -0.25) is 4.79 Å². The third-order valence-corrected chi connectivity index (χ3v) is 3.74. The van der Waals surface area contributed by atoms with Crippen molar-refractivity contribution in [2.24, 2.45) is 0 Å². The Kier molecular flexibility index (Phi) is 13.2. The van der Waals surface area contributed by atoms with E-state index in [1.54, 1.807) is 0 Å². The summed E-state index contributed by atoms with van der Waals surface area (Å²) in [5, 5.41) is 2.84. The fourth-order valence-corrected chi connectivity index (χ4v) is 2.40. The van der Waals surface area contributed by atoms with E-state index in [0.717, 1.165) is 23.4 Å². The largest absolute Gasteiger partial charge is 0.362 e. The molecule has 148 valence electrons. The molecule has 0 bridgehead atoms. The zero-order chi connectivity index (χ0) is 20.7. The number of carbonyl (C=O) groups is 1. The van der Waals surface area contributed by atoms with Crippen LogP contribution in [0.4, 0.5) is 5.69 Å². The molecule has 3 heteroatoms. The number of benzene rings is 1. The van der Waals surface area contributed by atoms with Gasteiger partial charge in [0.2, 0.25) is 0 Å². The van der Waals surface area contributed by atoms with E-state index in [-0.39, 0.29) is 5.91 Å². The molecule has 0 saturated carbocycles. The second kappa shape index (κ2) is 14.6. The molecule has 3 nitrogen and oxygen atoms in total. The predicted octanol–water partition coefficient (Wildman–Crippen LogP) is 7.31. The van der Waals surface area contributed by atoms with Gasteiger partial charge in [0.05, 0.1) is 5.57 Å². The Balaban J connectivity index is 0.000000524. The molecule has 0 radical (unpaired) electrons. The van der Waals surface area contributed by atoms with E-state index in [4.69, 9.17) is 0 Å². The second-order valence-electron chi connectivity index (χ2n) is 5.54. The highest BCUT2D eigenvalue weighted by Crippen LogP contribution is 2.32. The Bertz CT molecular complexity index is 697. The van der Waals surface area contributed by atoms with Crippen LogP contribution in [0, 0.1) is 0 Å². The zero-order valence-electron chi connectivity index (χ0n) is 17.9. The summed E-state index contributed by atoms with van der Waals surface area (Å²) in [6, 6.07) is 11.5. The number of H-pyrrole nitrogens is 1. The number of fused-ring (bicyclic) bond motifs is 1. The quantitative estimate of drug-likeness (QED) is 0.431. The van der Waals surface area contributed by atoms with Gasteiger partial charge in [-0.15, -0.1) is 0 Å². The number of nitrogens with one attached hydrogen (secondary N) is 2. The van der Waals surface area contributed by atoms with Crippen LogP contribution >= 0.6 is 0 Å². The average Bonchev–Trinajstić information content (AvgIpc) is 3.34. The Morgan fingerprint density at radius 1 is 1.04 bits per heavy atom. The van der Waals surface area contributed by atoms with Crippen molar-refractivity contribution in [2.45, 2.75) is 60.8 Å². The molecule has 0 fully saturated rings. The lowest BCUT2D eigenvalue weighted by molar-refractivity contribution is -0.110. The number of carbonyl (C=O) groups excluding carboxylic acids is 1. The molecule has 1 aromatic carbocycles. The van der Waals surface area contributed by atoms with Crippen molar-refractivity contribution in [1.82, 2.24) is 4.98 Å². The van der Waals surface area contributed by atoms with Crippen LogP contribution in [0.5, 0.6) is 0 Å². The lowest BCUT2D eigenvalue weighted by Crippen LogP contribution is -2.03. The fourth-order valence-electron chi connectivity index (χ4n) is 2.40. The van der Waals surface area contributed by atoms with E-state index in [1.807, 2.05) is 76.4 Å². The summed E-state index contributed by atoms with van der Waals surface area (Å²) in [4.78, 5) is 14.8. The summed E-state index contributed by atoms with van der Waals surface area (Å²) in [7, 11) is 0. The smallest absolute Gasteiger partial charge is 0.256 e. The normalized spacial score (nSPS) is 12.4. The highest BCUT2D eigenvalue weighted by atomic mass is 16.2. The van der Waals surface area contributed by atoms with E-state index >= 15 is 0 Å². The van der Waals surface area contributed by atoms with Gasteiger partial charge in [0, 0.05) is 23.1 Å². The highest BCUT2D eigenvalue weighted by Gasteiger charge is 2.23. The average molecular weight is 369 g/mol. The number of aromatic amines is 1. The van der Waals surface area contributed by atoms with Gasteiger partial charge >= 0.3 is 0 Å². The molecule has 2 aromatic rings. The van der Waals surface area contributed by atoms with Gasteiger partial charge in [-0.05, 0) is 37.1 Å². The number of aromatic nitrogens is 1. The number of rotatable bonds is 4. The van der Waals surface area contributed by atoms with Crippen molar-refractivity contribution in [1.29, 1.82) is 0 Å². The minimum absolute atomic E-state index is 0.0456. The maximum absolute atomic E-state index is 11.8. The Morgan fingerprint density at radius 2 is 1.70 bits per heavy atom. The molecular formula is C24H36N2O. The van der Waals surface area contributed by atoms with E-state index in [1.165, 1.54) is 18.4 Å². The SMILES string of the molecule is C=C(CC)CCC.CC.CC.O=C1Nc2ccccc2/C1=C/c1ccc[nH]1. The van der Waals surface area contributed by atoms with Crippen molar-refractivity contribution >= 4 is 23.2 Å². The first-order valence-corrected chi connectivity index (χ1v) is 10.1. The maximum Gasteiger partial charge on any atom is 0.256 e. The number of amides is 1. The van der Waals surface area contributed by atoms with Gasteiger partial charge in [-0.25, -0.2) is 0 Å². The number of anilines is 1. The van der Waals surface area contributed by atoms with Crippen LogP contribution in [0.3, 0.4) is 0 Å². The summed E-state index contributed by atoms with van der Waals surface area (Å²) in [5.41, 5.74) is 4.86. The van der Waals surface area contributed by atoms with E-state index in [0.29, 0.717) is 5.57 Å². The Hall–Kier alpha value is -2.55. The second-order valence-corrected chi connectivity index (χ2v) is 5.54. The van der Waals surface area contributed by atoms with Crippen LogP contribution in [-0.2, 0) is 4.79 Å². The molecule has 0 spiro atoms. The van der Waals surface area contributed by atoms with Crippen molar-refractivity contribution in [3.05, 3.63) is 66.0 Å². The summed E-state index contributed by atoms with van der Waals surface area (Å²) in [6.07, 6.45) is 7.29. The monoisotopic (exact) mass is 368 g/mol. The maximum atomic E-state index is 11.8. The Morgan fingerprint density at radius 3 is 2.22 bits per heavy atom. The van der Waals surface area contributed by atoms with Crippen LogP contribution in [0.25, 0.3) is 11.6 Å². The minimum Gasteiger partial charge on any atom is -0.362 e. The standard InChI is InChI=1S/C13H10N2O.C7H14.2C2H6/c16-13-11(8-9-4-3-7-14-9)10-5-1-2-6-12(10)15-13;1-4-6-7(3)5-2;2*1-2/h1-8,14H,(H,15,16);3-6H2,1-2H3;2*1-2H3/b11-8-;;;. The highest BCUT2D eigenvalue weighted by molar-refractivity contribution is 6.34. The lowest BCUT2D eigenvalue weighted by atomic mass is 10.1. The van der Waals surface area contributed by atoms with Crippen LogP contribution in [0.1, 0.15) is 72.1 Å². The first-order valence-electron chi connectivity index (χ1n) is 10.1. The lowest BCUT2D eigenvalue weighted by Gasteiger charge is -1.95. The van der Waals surface area contributed by atoms with E-state index in [9.17, 15) is 4.79 Å². The van der Waals surface area contributed by atoms with Crippen molar-refractivity contribution in [2.75, 3.05) is 5.32 Å². The molecule has 27 heavy (non-hydrogen) atoms. The van der Waals surface area contributed by atoms with Crippen LogP contribution in [0.2, 0.25) is 0 Å². The van der Waals surface area contributed by atoms with Crippen molar-refractivity contribution in [3.8, 4) is 0 Å². The van der Waals surface area contributed by atoms with Gasteiger partial charge < -0.3 is 10.3 Å². The van der Waals surface area contributed by atoms with E-state index in [2.05, 4.69) is 30.7 Å². The molecule has 1 amide bonds. The first kappa shape index (κ1) is 24.5. The zero-order valence-corrected chi connectivity index (χ0v) is 17.9. The summed E-state index contributed by atoms with van der Waals surface area (Å²) < 4.78 is 0. The van der Waals surface area contributed by atoms with Gasteiger partial charge in [0.25, 0.3) is 5.91 Å². The number of allylic oxidation sites excluding steroid dienone is 1. The molecule has 1 aliphatic heterocycles. The molecule has 2 N–H and O–H groups in total. The number of hydrogen-bond acceptors (Lipinski definition) is 1. The minimum atomic E-state index is -0.0456. The van der Waals surface area contributed by atoms with Gasteiger partial charge in [-0.1, -0.05) is 78.3 Å². The molecule has 0 atom stereocenters. The summed E-state index contributed by atoms with van der Waals surface area (Å²) >= 11 is 0. The molecular weight excluding hydrogens is 332 g/mol. The van der Waals surface area contributed by atoms with Crippen molar-refractivity contribution in [3.63, 3.8) is 0 Å². The summed E-state index contributed by atoms with van der Waals surface area (Å²) in [5.74, 6) is -0.0456. The molecule has 3 rings (SSSR count). The molecule has 2 heterocycles. The Labute approximate surface area is 165 Å². The van der Waals surface area contributed by atoms with Crippen molar-refractivity contribution < 1.29 is 4.79 Å². The van der Waals surface area contributed by atoms with Crippen LogP contribution in [-0.4, -0.2) is 10.9 Å². The third kappa shape index (κ3) is 8.12. The number of hydrogen-bond donors (Lipinski definition) is 2. The topological polar surface area (TPSA) is 44.9 Å². The first-order chi connectivity index (χ1) is 13.2. The van der Waals surface area contributed by atoms with E-state index < -0.39 is 0 Å². The molecule has 0 saturated heterocycles. The predicted molar refractivity (Wildman–Crippen MR) is 121 cm³/mol. The molecule has 0 aliphatic carbocycles. The molecule has 1 aromatic heterocycles. The number of para-hydroxylation sites is 1. The molecule has 1 aliphatic rings. The molecule has 0 unspecified atom stereocenters. The van der Waals surface area contributed by atoms with Crippen LogP contribution in [0.15, 0.2) is 54.7 Å². The fraction of sp³-hybridized carbons (Fsp3) is 0.375. The third-order valence-electron chi connectivity index (χ3n) is 3.74.